The molecule has 0 spiro atoms. The standard InChI is InChI=1S/C35H37F3N4O2/c1-3-7-28(35(36,37)38)21-32(41-29-10-5-8-25(19-29)22-39)34(43)42-30-11-6-9-27(20-30)33(40-23-24-12-13-24)26-14-16-31(17-15-26)44-18-4-2/h5-6,8-11,14-17,19-21,24,33,40H,3-4,7,12-13,18,23H2,1-2H3,(H,42,43)/b28-21+,41-32?. The number of benzene rings is 3. The number of hydrogen-bond donors (Lipinski definition) is 2. The molecule has 9 heteroatoms. The fraction of sp³-hybridized carbons (Fsp3) is 0.343. The first-order valence-corrected chi connectivity index (χ1v) is 14.9. The number of halogens is 3. The van der Waals surface area contributed by atoms with Crippen LogP contribution in [0.25, 0.3) is 0 Å². The van der Waals surface area contributed by atoms with Crippen LogP contribution in [0.4, 0.5) is 24.5 Å². The highest BCUT2D eigenvalue weighted by Gasteiger charge is 2.33. The smallest absolute Gasteiger partial charge is 0.412 e. The zero-order chi connectivity index (χ0) is 31.5. The van der Waals surface area contributed by atoms with E-state index in [1.807, 2.05) is 42.5 Å². The molecule has 3 aromatic carbocycles. The summed E-state index contributed by atoms with van der Waals surface area (Å²) in [7, 11) is 0. The van der Waals surface area contributed by atoms with Crippen LogP contribution in [0.5, 0.6) is 5.75 Å². The predicted octanol–water partition coefficient (Wildman–Crippen LogP) is 8.44. The number of anilines is 1. The van der Waals surface area contributed by atoms with Gasteiger partial charge in [-0.15, -0.1) is 0 Å². The minimum absolute atomic E-state index is 0.171. The molecule has 1 amide bonds. The normalized spacial score (nSPS) is 14.5. The van der Waals surface area contributed by atoms with Gasteiger partial charge in [-0.25, -0.2) is 4.99 Å². The summed E-state index contributed by atoms with van der Waals surface area (Å²) >= 11 is 0. The van der Waals surface area contributed by atoms with E-state index in [1.54, 1.807) is 31.2 Å². The van der Waals surface area contributed by atoms with Crippen molar-refractivity contribution in [1.29, 1.82) is 5.26 Å². The van der Waals surface area contributed by atoms with Crippen LogP contribution >= 0.6 is 0 Å². The molecule has 0 aromatic heterocycles. The van der Waals surface area contributed by atoms with Crippen LogP contribution in [0.15, 0.2) is 89.4 Å². The monoisotopic (exact) mass is 602 g/mol. The number of rotatable bonds is 14. The van der Waals surface area contributed by atoms with Gasteiger partial charge in [0.2, 0.25) is 0 Å². The van der Waals surface area contributed by atoms with Gasteiger partial charge >= 0.3 is 6.18 Å². The average Bonchev–Trinajstić information content (AvgIpc) is 3.84. The van der Waals surface area contributed by atoms with E-state index in [-0.39, 0.29) is 30.1 Å². The lowest BCUT2D eigenvalue weighted by atomic mass is 9.97. The molecule has 0 bridgehead atoms. The van der Waals surface area contributed by atoms with Crippen LogP contribution in [0.2, 0.25) is 0 Å². The van der Waals surface area contributed by atoms with Gasteiger partial charge < -0.3 is 15.4 Å². The van der Waals surface area contributed by atoms with E-state index in [9.17, 15) is 23.2 Å². The van der Waals surface area contributed by atoms with Crippen molar-refractivity contribution in [2.24, 2.45) is 10.9 Å². The Labute approximate surface area is 256 Å². The van der Waals surface area contributed by atoms with Crippen molar-refractivity contribution in [3.05, 3.63) is 101 Å². The lowest BCUT2D eigenvalue weighted by Crippen LogP contribution is -2.25. The predicted molar refractivity (Wildman–Crippen MR) is 167 cm³/mol. The van der Waals surface area contributed by atoms with E-state index in [2.05, 4.69) is 22.5 Å². The molecule has 44 heavy (non-hydrogen) atoms. The SMILES string of the molecule is CCCOc1ccc(C(NCC2CC2)c2cccc(NC(=O)C(/C=C(\CCC)C(F)(F)F)=Nc3cccc(C#N)c3)c2)cc1. The van der Waals surface area contributed by atoms with E-state index in [0.717, 1.165) is 35.9 Å². The van der Waals surface area contributed by atoms with E-state index >= 15 is 0 Å². The van der Waals surface area contributed by atoms with Crippen LogP contribution in [-0.4, -0.2) is 30.9 Å². The molecule has 0 radical (unpaired) electrons. The Morgan fingerprint density at radius 1 is 1.05 bits per heavy atom. The topological polar surface area (TPSA) is 86.5 Å². The molecule has 230 valence electrons. The number of hydrogen-bond acceptors (Lipinski definition) is 5. The summed E-state index contributed by atoms with van der Waals surface area (Å²) in [6, 6.07) is 23.0. The van der Waals surface area contributed by atoms with E-state index in [1.165, 1.54) is 25.0 Å². The lowest BCUT2D eigenvalue weighted by molar-refractivity contribution is -0.110. The molecule has 1 aliphatic rings. The van der Waals surface area contributed by atoms with E-state index in [0.29, 0.717) is 18.2 Å². The summed E-state index contributed by atoms with van der Waals surface area (Å²) in [4.78, 5) is 17.7. The highest BCUT2D eigenvalue weighted by molar-refractivity contribution is 6.47. The number of allylic oxidation sites excluding steroid dienone is 1. The fourth-order valence-electron chi connectivity index (χ4n) is 4.66. The lowest BCUT2D eigenvalue weighted by Gasteiger charge is -2.21. The van der Waals surface area contributed by atoms with Gasteiger partial charge in [0, 0.05) is 11.3 Å². The Morgan fingerprint density at radius 2 is 1.80 bits per heavy atom. The molecule has 1 atom stereocenters. The third-order valence-corrected chi connectivity index (χ3v) is 7.12. The maximum atomic E-state index is 13.8. The number of ether oxygens (including phenoxy) is 1. The van der Waals surface area contributed by atoms with Gasteiger partial charge in [0.15, 0.2) is 0 Å². The summed E-state index contributed by atoms with van der Waals surface area (Å²) < 4.78 is 47.2. The van der Waals surface area contributed by atoms with Gasteiger partial charge in [0.1, 0.15) is 11.5 Å². The van der Waals surface area contributed by atoms with Gasteiger partial charge in [-0.1, -0.05) is 50.6 Å². The number of amides is 1. The van der Waals surface area contributed by atoms with Crippen molar-refractivity contribution in [3.8, 4) is 11.8 Å². The zero-order valence-electron chi connectivity index (χ0n) is 25.0. The second kappa shape index (κ2) is 15.3. The molecular formula is C35H37F3N4O2. The average molecular weight is 603 g/mol. The van der Waals surface area contributed by atoms with Gasteiger partial charge in [-0.3, -0.25) is 4.79 Å². The summed E-state index contributed by atoms with van der Waals surface area (Å²) in [5.41, 5.74) is 1.56. The molecule has 2 N–H and O–H groups in total. The fourth-order valence-corrected chi connectivity index (χ4v) is 4.66. The number of nitrogens with one attached hydrogen (secondary N) is 2. The Balaban J connectivity index is 1.64. The highest BCUT2D eigenvalue weighted by atomic mass is 19.4. The van der Waals surface area contributed by atoms with Gasteiger partial charge in [0.25, 0.3) is 5.91 Å². The summed E-state index contributed by atoms with van der Waals surface area (Å²) in [6.45, 7) is 5.17. The third-order valence-electron chi connectivity index (χ3n) is 7.12. The van der Waals surface area contributed by atoms with Crippen molar-refractivity contribution in [1.82, 2.24) is 5.32 Å². The zero-order valence-corrected chi connectivity index (χ0v) is 25.0. The van der Waals surface area contributed by atoms with Crippen molar-refractivity contribution in [2.45, 2.75) is 58.2 Å². The largest absolute Gasteiger partial charge is 0.494 e. The first-order valence-electron chi connectivity index (χ1n) is 14.9. The Kier molecular flexibility index (Phi) is 11.3. The number of nitriles is 1. The molecule has 0 heterocycles. The summed E-state index contributed by atoms with van der Waals surface area (Å²) in [5.74, 6) is 0.630. The summed E-state index contributed by atoms with van der Waals surface area (Å²) in [6.07, 6.45) is -0.564. The molecular weight excluding hydrogens is 565 g/mol. The minimum atomic E-state index is -4.62. The van der Waals surface area contributed by atoms with Gasteiger partial charge in [-0.05, 0) is 97.8 Å². The molecule has 0 aliphatic heterocycles. The Morgan fingerprint density at radius 3 is 2.45 bits per heavy atom. The van der Waals surface area contributed by atoms with Crippen LogP contribution in [-0.2, 0) is 4.79 Å². The second-order valence-electron chi connectivity index (χ2n) is 10.9. The van der Waals surface area contributed by atoms with E-state index < -0.39 is 23.4 Å². The number of nitrogens with zero attached hydrogens (tertiary/aromatic N) is 2. The molecule has 3 aromatic rings. The quantitative estimate of drug-likeness (QED) is 0.181. The maximum absolute atomic E-state index is 13.8. The van der Waals surface area contributed by atoms with Crippen LogP contribution in [0, 0.1) is 17.2 Å². The van der Waals surface area contributed by atoms with Crippen LogP contribution in [0.3, 0.4) is 0 Å². The van der Waals surface area contributed by atoms with Crippen LogP contribution < -0.4 is 15.4 Å². The van der Waals surface area contributed by atoms with Crippen molar-refractivity contribution >= 4 is 23.0 Å². The Bertz CT molecular complexity index is 1520. The third kappa shape index (κ3) is 9.55. The summed E-state index contributed by atoms with van der Waals surface area (Å²) in [5, 5.41) is 15.6. The number of carbonyl (C=O) groups is 1. The molecule has 6 nitrogen and oxygen atoms in total. The molecule has 1 saturated carbocycles. The number of carbonyl (C=O) groups excluding carboxylic acids is 1. The molecule has 1 unspecified atom stereocenters. The second-order valence-corrected chi connectivity index (χ2v) is 10.9. The highest BCUT2D eigenvalue weighted by Crippen LogP contribution is 2.32. The first-order chi connectivity index (χ1) is 21.2. The van der Waals surface area contributed by atoms with Crippen LogP contribution in [0.1, 0.15) is 68.7 Å². The maximum Gasteiger partial charge on any atom is 0.412 e. The first kappa shape index (κ1) is 32.5. The van der Waals surface area contributed by atoms with Crippen molar-refractivity contribution in [2.75, 3.05) is 18.5 Å². The number of alkyl halides is 3. The minimum Gasteiger partial charge on any atom is -0.494 e. The van der Waals surface area contributed by atoms with Gasteiger partial charge in [-0.2, -0.15) is 18.4 Å². The van der Waals surface area contributed by atoms with Gasteiger partial charge in [0.05, 0.1) is 30.0 Å². The number of aliphatic imine (C=N–C) groups is 1. The molecule has 1 aliphatic carbocycles. The van der Waals surface area contributed by atoms with Crippen molar-refractivity contribution < 1.29 is 22.7 Å². The molecule has 4 rings (SSSR count). The molecule has 1 fully saturated rings. The van der Waals surface area contributed by atoms with E-state index in [4.69, 9.17) is 4.74 Å². The van der Waals surface area contributed by atoms with Crippen molar-refractivity contribution in [3.63, 3.8) is 0 Å². The Hall–Kier alpha value is -4.42. The molecule has 0 saturated heterocycles.